The topological polar surface area (TPSA) is 68.3 Å². The third-order valence-electron chi connectivity index (χ3n) is 4.73. The van der Waals surface area contributed by atoms with Gasteiger partial charge < -0.3 is 10.1 Å². The molecule has 5 nitrogen and oxygen atoms in total. The zero-order valence-corrected chi connectivity index (χ0v) is 16.0. The van der Waals surface area contributed by atoms with E-state index in [9.17, 15) is 9.59 Å². The van der Waals surface area contributed by atoms with Crippen LogP contribution in [-0.4, -0.2) is 29.5 Å². The SMILES string of the molecule is Cc1ccc(-c2nc(C(=O)OCC(=O)NC3CCC(C)CC3)cs2)cc1. The normalized spacial score (nSPS) is 19.8. The predicted octanol–water partition coefficient (Wildman–Crippen LogP) is 3.97. The fraction of sp³-hybridized carbons (Fsp3) is 0.450. The number of benzene rings is 1. The van der Waals surface area contributed by atoms with Crippen molar-refractivity contribution in [3.63, 3.8) is 0 Å². The van der Waals surface area contributed by atoms with Gasteiger partial charge in [0.05, 0.1) is 0 Å². The molecule has 1 N–H and O–H groups in total. The average Bonchev–Trinajstić information content (AvgIpc) is 3.12. The van der Waals surface area contributed by atoms with Crippen LogP contribution in [0.15, 0.2) is 29.6 Å². The Hall–Kier alpha value is -2.21. The molecule has 0 aliphatic heterocycles. The molecule has 1 heterocycles. The van der Waals surface area contributed by atoms with Crippen molar-refractivity contribution in [3.8, 4) is 10.6 Å². The molecule has 138 valence electrons. The first kappa shape index (κ1) is 18.6. The molecule has 1 saturated carbocycles. The summed E-state index contributed by atoms with van der Waals surface area (Å²) in [5.41, 5.74) is 2.37. The van der Waals surface area contributed by atoms with E-state index in [1.165, 1.54) is 16.9 Å². The highest BCUT2D eigenvalue weighted by atomic mass is 32.1. The molecule has 26 heavy (non-hydrogen) atoms. The number of rotatable bonds is 5. The molecule has 1 aliphatic carbocycles. The summed E-state index contributed by atoms with van der Waals surface area (Å²) in [7, 11) is 0. The van der Waals surface area contributed by atoms with Crippen LogP contribution in [0.4, 0.5) is 0 Å². The number of carbonyl (C=O) groups excluding carboxylic acids is 2. The van der Waals surface area contributed by atoms with E-state index in [1.54, 1.807) is 5.38 Å². The molecule has 1 amide bonds. The molecule has 1 aliphatic rings. The van der Waals surface area contributed by atoms with Crippen LogP contribution in [0, 0.1) is 12.8 Å². The van der Waals surface area contributed by atoms with Crippen LogP contribution in [-0.2, 0) is 9.53 Å². The Morgan fingerprint density at radius 3 is 2.58 bits per heavy atom. The second kappa shape index (κ2) is 8.45. The molecular formula is C20H24N2O3S. The monoisotopic (exact) mass is 372 g/mol. The summed E-state index contributed by atoms with van der Waals surface area (Å²) in [5, 5.41) is 5.38. The summed E-state index contributed by atoms with van der Waals surface area (Å²) in [5.74, 6) is -0.0766. The summed E-state index contributed by atoms with van der Waals surface area (Å²) in [4.78, 5) is 28.4. The van der Waals surface area contributed by atoms with E-state index in [2.05, 4.69) is 17.2 Å². The lowest BCUT2D eigenvalue weighted by Crippen LogP contribution is -2.39. The Morgan fingerprint density at radius 1 is 1.19 bits per heavy atom. The van der Waals surface area contributed by atoms with Crippen molar-refractivity contribution < 1.29 is 14.3 Å². The van der Waals surface area contributed by atoms with E-state index in [0.29, 0.717) is 0 Å². The third kappa shape index (κ3) is 4.91. The zero-order chi connectivity index (χ0) is 18.5. The Labute approximate surface area is 157 Å². The van der Waals surface area contributed by atoms with Gasteiger partial charge in [-0.1, -0.05) is 36.8 Å². The Morgan fingerprint density at radius 2 is 1.88 bits per heavy atom. The van der Waals surface area contributed by atoms with Gasteiger partial charge in [0.15, 0.2) is 12.3 Å². The maximum Gasteiger partial charge on any atom is 0.358 e. The first-order valence-corrected chi connectivity index (χ1v) is 9.88. The lowest BCUT2D eigenvalue weighted by atomic mass is 9.87. The number of ether oxygens (including phenoxy) is 1. The van der Waals surface area contributed by atoms with Crippen molar-refractivity contribution >= 4 is 23.2 Å². The van der Waals surface area contributed by atoms with Gasteiger partial charge in [0.2, 0.25) is 0 Å². The maximum atomic E-state index is 12.1. The first-order chi connectivity index (χ1) is 12.5. The van der Waals surface area contributed by atoms with E-state index in [-0.39, 0.29) is 24.2 Å². The summed E-state index contributed by atoms with van der Waals surface area (Å²) in [6, 6.07) is 8.16. The molecule has 1 fully saturated rings. The highest BCUT2D eigenvalue weighted by molar-refractivity contribution is 7.13. The molecule has 3 rings (SSSR count). The summed E-state index contributed by atoms with van der Waals surface area (Å²) >= 11 is 1.39. The molecule has 0 atom stereocenters. The molecule has 0 spiro atoms. The minimum atomic E-state index is -0.563. The molecule has 0 bridgehead atoms. The van der Waals surface area contributed by atoms with Gasteiger partial charge in [-0.15, -0.1) is 11.3 Å². The zero-order valence-electron chi connectivity index (χ0n) is 15.2. The third-order valence-corrected chi connectivity index (χ3v) is 5.62. The molecule has 0 radical (unpaired) electrons. The number of aryl methyl sites for hydroxylation is 1. The quantitative estimate of drug-likeness (QED) is 0.807. The second-order valence-corrected chi connectivity index (χ2v) is 7.86. The fourth-order valence-corrected chi connectivity index (χ4v) is 3.87. The number of nitrogens with zero attached hydrogens (tertiary/aromatic N) is 1. The predicted molar refractivity (Wildman–Crippen MR) is 102 cm³/mol. The summed E-state index contributed by atoms with van der Waals surface area (Å²) < 4.78 is 5.11. The van der Waals surface area contributed by atoms with Crippen LogP contribution in [0.25, 0.3) is 10.6 Å². The lowest BCUT2D eigenvalue weighted by Gasteiger charge is -2.26. The van der Waals surface area contributed by atoms with Crippen molar-refractivity contribution in [1.82, 2.24) is 10.3 Å². The molecule has 0 saturated heterocycles. The van der Waals surface area contributed by atoms with E-state index < -0.39 is 5.97 Å². The van der Waals surface area contributed by atoms with Crippen LogP contribution in [0.3, 0.4) is 0 Å². The number of carbonyl (C=O) groups is 2. The van der Waals surface area contributed by atoms with Crippen LogP contribution in [0.2, 0.25) is 0 Å². The molecule has 6 heteroatoms. The standard InChI is InChI=1S/C20H24N2O3S/c1-13-3-7-15(8-4-13)19-22-17(12-26-19)20(24)25-11-18(23)21-16-9-5-14(2)6-10-16/h3-4,7-8,12,14,16H,5-6,9-11H2,1-2H3,(H,21,23). The van der Waals surface area contributed by atoms with E-state index in [0.717, 1.165) is 42.2 Å². The van der Waals surface area contributed by atoms with Crippen molar-refractivity contribution in [2.45, 2.75) is 45.6 Å². The second-order valence-electron chi connectivity index (χ2n) is 7.00. The number of aromatic nitrogens is 1. The van der Waals surface area contributed by atoms with E-state index in [4.69, 9.17) is 4.74 Å². The molecule has 2 aromatic rings. The lowest BCUT2D eigenvalue weighted by molar-refractivity contribution is -0.125. The smallest absolute Gasteiger partial charge is 0.358 e. The average molecular weight is 372 g/mol. The van der Waals surface area contributed by atoms with Crippen LogP contribution in [0.5, 0.6) is 0 Å². The number of hydrogen-bond acceptors (Lipinski definition) is 5. The van der Waals surface area contributed by atoms with Gasteiger partial charge >= 0.3 is 5.97 Å². The van der Waals surface area contributed by atoms with E-state index in [1.807, 2.05) is 31.2 Å². The van der Waals surface area contributed by atoms with Gasteiger partial charge in [-0.05, 0) is 38.5 Å². The van der Waals surface area contributed by atoms with Gasteiger partial charge in [0, 0.05) is 17.0 Å². The van der Waals surface area contributed by atoms with Gasteiger partial charge in [0.25, 0.3) is 5.91 Å². The van der Waals surface area contributed by atoms with Gasteiger partial charge in [0.1, 0.15) is 5.01 Å². The van der Waals surface area contributed by atoms with Crippen LogP contribution < -0.4 is 5.32 Å². The largest absolute Gasteiger partial charge is 0.451 e. The highest BCUT2D eigenvalue weighted by Crippen LogP contribution is 2.25. The van der Waals surface area contributed by atoms with E-state index >= 15 is 0 Å². The van der Waals surface area contributed by atoms with Gasteiger partial charge in [-0.25, -0.2) is 9.78 Å². The number of hydrogen-bond donors (Lipinski definition) is 1. The van der Waals surface area contributed by atoms with Crippen molar-refractivity contribution in [1.29, 1.82) is 0 Å². The maximum absolute atomic E-state index is 12.1. The van der Waals surface area contributed by atoms with Gasteiger partial charge in [-0.3, -0.25) is 4.79 Å². The minimum absolute atomic E-state index is 0.199. The summed E-state index contributed by atoms with van der Waals surface area (Å²) in [6.45, 7) is 3.99. The molecular weight excluding hydrogens is 348 g/mol. The Balaban J connectivity index is 1.49. The van der Waals surface area contributed by atoms with Gasteiger partial charge in [-0.2, -0.15) is 0 Å². The molecule has 1 aromatic heterocycles. The van der Waals surface area contributed by atoms with Crippen LogP contribution >= 0.6 is 11.3 Å². The number of nitrogens with one attached hydrogen (secondary N) is 1. The Kier molecular flexibility index (Phi) is 6.04. The summed E-state index contributed by atoms with van der Waals surface area (Å²) in [6.07, 6.45) is 4.25. The van der Waals surface area contributed by atoms with Crippen molar-refractivity contribution in [2.24, 2.45) is 5.92 Å². The van der Waals surface area contributed by atoms with Crippen molar-refractivity contribution in [2.75, 3.05) is 6.61 Å². The molecule has 0 unspecified atom stereocenters. The minimum Gasteiger partial charge on any atom is -0.451 e. The first-order valence-electron chi connectivity index (χ1n) is 9.00. The van der Waals surface area contributed by atoms with Crippen molar-refractivity contribution in [3.05, 3.63) is 40.9 Å². The Bertz CT molecular complexity index is 762. The van der Waals surface area contributed by atoms with Crippen LogP contribution in [0.1, 0.15) is 48.7 Å². The number of thiazole rings is 1. The number of esters is 1. The number of amides is 1. The highest BCUT2D eigenvalue weighted by Gasteiger charge is 2.21. The fourth-order valence-electron chi connectivity index (χ4n) is 3.08. The molecule has 1 aromatic carbocycles.